The molecule has 0 aliphatic heterocycles. The average Bonchev–Trinajstić information content (AvgIpc) is 1.83. The van der Waals surface area contributed by atoms with Crippen molar-refractivity contribution in [2.75, 3.05) is 0 Å². The van der Waals surface area contributed by atoms with E-state index in [0.717, 1.165) is 6.42 Å². The Morgan fingerprint density at radius 2 is 2.50 bits per heavy atom. The zero-order valence-corrected chi connectivity index (χ0v) is 4.80. The summed E-state index contributed by atoms with van der Waals surface area (Å²) in [5.41, 5.74) is 5.39. The minimum atomic E-state index is -0.00495. The van der Waals surface area contributed by atoms with Crippen LogP contribution >= 0.6 is 0 Å². The molecule has 0 aliphatic carbocycles. The smallest absolute Gasteiger partial charge is 0.0622 e. The lowest BCUT2D eigenvalue weighted by Crippen LogP contribution is -2.15. The molecule has 8 heavy (non-hydrogen) atoms. The number of hydrogen-bond donors (Lipinski definition) is 1. The highest BCUT2D eigenvalue weighted by Gasteiger charge is 1.92. The second-order valence-corrected chi connectivity index (χ2v) is 1.60. The van der Waals surface area contributed by atoms with Gasteiger partial charge in [0.2, 0.25) is 0 Å². The van der Waals surface area contributed by atoms with E-state index in [4.69, 9.17) is 11.0 Å². The lowest BCUT2D eigenvalue weighted by atomic mass is 10.2. The molecular formula is C6H10N2. The average molecular weight is 110 g/mol. The van der Waals surface area contributed by atoms with E-state index >= 15 is 0 Å². The van der Waals surface area contributed by atoms with Gasteiger partial charge < -0.3 is 5.73 Å². The molecule has 0 rings (SSSR count). The van der Waals surface area contributed by atoms with Crippen LogP contribution in [-0.4, -0.2) is 6.04 Å². The Kier molecular flexibility index (Phi) is 3.91. The molecule has 0 aromatic carbocycles. The summed E-state index contributed by atoms with van der Waals surface area (Å²) in [5.74, 6) is 0. The van der Waals surface area contributed by atoms with Crippen LogP contribution in [0.4, 0.5) is 0 Å². The summed E-state index contributed by atoms with van der Waals surface area (Å²) >= 11 is 0. The van der Waals surface area contributed by atoms with Crippen molar-refractivity contribution >= 4 is 0 Å². The summed E-state index contributed by atoms with van der Waals surface area (Å²) in [6.07, 6.45) is 2.89. The molecule has 0 bridgehead atoms. The predicted molar refractivity (Wildman–Crippen MR) is 33.0 cm³/mol. The minimum Gasteiger partial charge on any atom is -0.324 e. The third kappa shape index (κ3) is 3.38. The Morgan fingerprint density at radius 3 is 2.88 bits per heavy atom. The molecule has 0 radical (unpaired) electrons. The van der Waals surface area contributed by atoms with Gasteiger partial charge in [-0.05, 0) is 6.42 Å². The molecule has 0 aliphatic rings. The Labute approximate surface area is 49.6 Å². The van der Waals surface area contributed by atoms with Crippen molar-refractivity contribution in [3.8, 4) is 6.07 Å². The molecule has 1 atom stereocenters. The molecule has 2 heteroatoms. The fourth-order valence-corrected chi connectivity index (χ4v) is 0.349. The standard InChI is InChI=1S/C6H10N2/c1-2-6(8)4-3-5-7/h2,6H,1,3-4,8H2/t6-/m1/s1. The van der Waals surface area contributed by atoms with E-state index in [2.05, 4.69) is 6.58 Å². The quantitative estimate of drug-likeness (QED) is 0.546. The third-order valence-corrected chi connectivity index (χ3v) is 0.892. The van der Waals surface area contributed by atoms with Crippen molar-refractivity contribution in [3.05, 3.63) is 12.7 Å². The summed E-state index contributed by atoms with van der Waals surface area (Å²) in [7, 11) is 0. The fraction of sp³-hybridized carbons (Fsp3) is 0.500. The second kappa shape index (κ2) is 4.35. The maximum absolute atomic E-state index is 8.07. The van der Waals surface area contributed by atoms with Gasteiger partial charge in [0.1, 0.15) is 0 Å². The molecule has 0 unspecified atom stereocenters. The van der Waals surface area contributed by atoms with Gasteiger partial charge >= 0.3 is 0 Å². The highest BCUT2D eigenvalue weighted by molar-refractivity contribution is 4.85. The number of hydrogen-bond acceptors (Lipinski definition) is 2. The van der Waals surface area contributed by atoms with Gasteiger partial charge in [-0.1, -0.05) is 6.08 Å². The van der Waals surface area contributed by atoms with Crippen LogP contribution in [0.5, 0.6) is 0 Å². The molecule has 0 saturated heterocycles. The Balaban J connectivity index is 3.13. The molecule has 0 heterocycles. The van der Waals surface area contributed by atoms with Gasteiger partial charge in [-0.2, -0.15) is 5.26 Å². The molecule has 0 aromatic rings. The zero-order valence-electron chi connectivity index (χ0n) is 4.80. The Bertz CT molecular complexity index is 102. The molecule has 2 N–H and O–H groups in total. The molecule has 0 spiro atoms. The van der Waals surface area contributed by atoms with E-state index in [1.165, 1.54) is 0 Å². The molecule has 0 saturated carbocycles. The van der Waals surface area contributed by atoms with Crippen LogP contribution in [0, 0.1) is 11.3 Å². The van der Waals surface area contributed by atoms with Crippen molar-refractivity contribution < 1.29 is 0 Å². The first-order valence-corrected chi connectivity index (χ1v) is 2.56. The lowest BCUT2D eigenvalue weighted by molar-refractivity contribution is 0.740. The maximum atomic E-state index is 8.07. The Hall–Kier alpha value is -0.810. The van der Waals surface area contributed by atoms with Gasteiger partial charge in [-0.15, -0.1) is 6.58 Å². The van der Waals surface area contributed by atoms with E-state index in [9.17, 15) is 0 Å². The highest BCUT2D eigenvalue weighted by Crippen LogP contribution is 1.91. The van der Waals surface area contributed by atoms with E-state index < -0.39 is 0 Å². The number of nitrogens with two attached hydrogens (primary N) is 1. The van der Waals surface area contributed by atoms with Gasteiger partial charge in [-0.3, -0.25) is 0 Å². The van der Waals surface area contributed by atoms with Crippen molar-refractivity contribution in [1.82, 2.24) is 0 Å². The highest BCUT2D eigenvalue weighted by atomic mass is 14.6. The molecule has 2 nitrogen and oxygen atoms in total. The zero-order chi connectivity index (χ0) is 6.41. The molecule has 0 amide bonds. The lowest BCUT2D eigenvalue weighted by Gasteiger charge is -1.98. The third-order valence-electron chi connectivity index (χ3n) is 0.892. The maximum Gasteiger partial charge on any atom is 0.0622 e. The minimum absolute atomic E-state index is 0.00495. The molecule has 44 valence electrons. The SMILES string of the molecule is C=C[C@@H](N)CCC#N. The first kappa shape index (κ1) is 7.19. The number of rotatable bonds is 3. The fourth-order valence-electron chi connectivity index (χ4n) is 0.349. The predicted octanol–water partition coefficient (Wildman–Crippen LogP) is 0.803. The molecule has 0 aromatic heterocycles. The van der Waals surface area contributed by atoms with Gasteiger partial charge in [0.15, 0.2) is 0 Å². The monoisotopic (exact) mass is 110 g/mol. The summed E-state index contributed by atoms with van der Waals surface area (Å²) in [5, 5.41) is 8.07. The summed E-state index contributed by atoms with van der Waals surface area (Å²) in [4.78, 5) is 0. The second-order valence-electron chi connectivity index (χ2n) is 1.60. The Morgan fingerprint density at radius 1 is 1.88 bits per heavy atom. The van der Waals surface area contributed by atoms with Crippen LogP contribution in [0.3, 0.4) is 0 Å². The van der Waals surface area contributed by atoms with Crippen LogP contribution in [0.1, 0.15) is 12.8 Å². The van der Waals surface area contributed by atoms with Crippen LogP contribution < -0.4 is 5.73 Å². The number of nitrogens with zero attached hydrogens (tertiary/aromatic N) is 1. The first-order valence-electron chi connectivity index (χ1n) is 2.56. The van der Waals surface area contributed by atoms with Crippen LogP contribution in [-0.2, 0) is 0 Å². The molecular weight excluding hydrogens is 100 g/mol. The topological polar surface area (TPSA) is 49.8 Å². The normalized spacial score (nSPS) is 12.0. The summed E-state index contributed by atoms with van der Waals surface area (Å²) < 4.78 is 0. The van der Waals surface area contributed by atoms with Gasteiger partial charge in [0.25, 0.3) is 0 Å². The van der Waals surface area contributed by atoms with Crippen LogP contribution in [0.2, 0.25) is 0 Å². The van der Waals surface area contributed by atoms with E-state index in [-0.39, 0.29) is 6.04 Å². The van der Waals surface area contributed by atoms with Gasteiger partial charge in [-0.25, -0.2) is 0 Å². The molecule has 0 fully saturated rings. The van der Waals surface area contributed by atoms with Crippen molar-refractivity contribution in [1.29, 1.82) is 5.26 Å². The largest absolute Gasteiger partial charge is 0.324 e. The van der Waals surface area contributed by atoms with E-state index in [0.29, 0.717) is 6.42 Å². The first-order chi connectivity index (χ1) is 3.81. The van der Waals surface area contributed by atoms with E-state index in [1.807, 2.05) is 6.07 Å². The van der Waals surface area contributed by atoms with Gasteiger partial charge in [0.05, 0.1) is 6.07 Å². The number of nitriles is 1. The van der Waals surface area contributed by atoms with E-state index in [1.54, 1.807) is 6.08 Å². The van der Waals surface area contributed by atoms with Crippen molar-refractivity contribution in [3.63, 3.8) is 0 Å². The summed E-state index contributed by atoms with van der Waals surface area (Å²) in [6.45, 7) is 3.48. The van der Waals surface area contributed by atoms with Crippen LogP contribution in [0.15, 0.2) is 12.7 Å². The van der Waals surface area contributed by atoms with Crippen molar-refractivity contribution in [2.45, 2.75) is 18.9 Å². The van der Waals surface area contributed by atoms with Crippen molar-refractivity contribution in [2.24, 2.45) is 5.73 Å². The van der Waals surface area contributed by atoms with Crippen LogP contribution in [0.25, 0.3) is 0 Å². The van der Waals surface area contributed by atoms with Gasteiger partial charge in [0, 0.05) is 12.5 Å². The summed E-state index contributed by atoms with van der Waals surface area (Å²) in [6, 6.07) is 2.00.